The van der Waals surface area contributed by atoms with Crippen LogP contribution < -0.4 is 4.90 Å². The van der Waals surface area contributed by atoms with Gasteiger partial charge in [0.25, 0.3) is 0 Å². The fraction of sp³-hybridized carbons (Fsp3) is 0.357. The minimum absolute atomic E-state index is 0.424. The Bertz CT molecular complexity index is 453. The van der Waals surface area contributed by atoms with E-state index in [2.05, 4.69) is 6.58 Å². The van der Waals surface area contributed by atoms with E-state index in [1.807, 2.05) is 36.1 Å². The topological polar surface area (TPSA) is 40.5 Å². The predicted molar refractivity (Wildman–Crippen MR) is 68.3 cm³/mol. The highest BCUT2D eigenvalue weighted by molar-refractivity contribution is 5.82. The van der Waals surface area contributed by atoms with Crippen LogP contribution in [0.2, 0.25) is 0 Å². The van der Waals surface area contributed by atoms with Gasteiger partial charge in [-0.3, -0.25) is 0 Å². The van der Waals surface area contributed by atoms with Gasteiger partial charge in [0.2, 0.25) is 0 Å². The van der Waals surface area contributed by atoms with Crippen LogP contribution in [0.5, 0.6) is 0 Å². The molecule has 1 aliphatic rings. The van der Waals surface area contributed by atoms with Crippen LogP contribution in [0.4, 0.5) is 5.69 Å². The van der Waals surface area contributed by atoms with Crippen LogP contribution >= 0.6 is 0 Å². The average molecular weight is 231 g/mol. The van der Waals surface area contributed by atoms with Gasteiger partial charge in [-0.05, 0) is 25.0 Å². The summed E-state index contributed by atoms with van der Waals surface area (Å²) >= 11 is 0. The minimum Gasteiger partial charge on any atom is -0.480 e. The first-order chi connectivity index (χ1) is 8.09. The van der Waals surface area contributed by atoms with Crippen LogP contribution in [0, 0.1) is 0 Å². The van der Waals surface area contributed by atoms with Crippen molar-refractivity contribution in [3.8, 4) is 0 Å². The molecule has 1 aromatic carbocycles. The molecule has 1 N–H and O–H groups in total. The summed E-state index contributed by atoms with van der Waals surface area (Å²) in [5.74, 6) is -0.747. The lowest BCUT2D eigenvalue weighted by atomic mass is 10.1. The molecule has 0 bridgehead atoms. The first-order valence-electron chi connectivity index (χ1n) is 5.81. The molecule has 90 valence electrons. The van der Waals surface area contributed by atoms with Gasteiger partial charge >= 0.3 is 5.97 Å². The standard InChI is InChI=1S/C14H17NO2/c1-10(2)7-8-15-12-6-4-3-5-11(12)9-13(15)14(16)17/h3-6,13H,1,7-9H2,2H3,(H,16,17). The zero-order valence-corrected chi connectivity index (χ0v) is 10.0. The number of aliphatic carboxylic acids is 1. The molecule has 1 aliphatic heterocycles. The molecule has 0 fully saturated rings. The molecule has 1 aromatic rings. The number of carbonyl (C=O) groups is 1. The molecule has 0 amide bonds. The minimum atomic E-state index is -0.747. The summed E-state index contributed by atoms with van der Waals surface area (Å²) in [6.07, 6.45) is 1.43. The highest BCUT2D eigenvalue weighted by Crippen LogP contribution is 2.32. The molecule has 0 saturated heterocycles. The van der Waals surface area contributed by atoms with Crippen LogP contribution in [0.3, 0.4) is 0 Å². The van der Waals surface area contributed by atoms with Crippen molar-refractivity contribution >= 4 is 11.7 Å². The van der Waals surface area contributed by atoms with Gasteiger partial charge in [0.1, 0.15) is 6.04 Å². The number of fused-ring (bicyclic) bond motifs is 1. The zero-order valence-electron chi connectivity index (χ0n) is 10.0. The number of carboxylic acids is 1. The molecule has 0 aromatic heterocycles. The molecule has 3 nitrogen and oxygen atoms in total. The second-order valence-electron chi connectivity index (χ2n) is 4.59. The van der Waals surface area contributed by atoms with Gasteiger partial charge in [-0.2, -0.15) is 0 Å². The summed E-state index contributed by atoms with van der Waals surface area (Å²) in [5, 5.41) is 9.26. The van der Waals surface area contributed by atoms with E-state index in [1.165, 1.54) is 0 Å². The summed E-state index contributed by atoms with van der Waals surface area (Å²) in [7, 11) is 0. The van der Waals surface area contributed by atoms with Crippen molar-refractivity contribution in [1.82, 2.24) is 0 Å². The maximum atomic E-state index is 11.3. The molecule has 17 heavy (non-hydrogen) atoms. The Labute approximate surface area is 101 Å². The number of benzene rings is 1. The van der Waals surface area contributed by atoms with E-state index in [1.54, 1.807) is 0 Å². The van der Waals surface area contributed by atoms with E-state index < -0.39 is 12.0 Å². The van der Waals surface area contributed by atoms with Crippen LogP contribution in [-0.2, 0) is 11.2 Å². The number of nitrogens with zero attached hydrogens (tertiary/aromatic N) is 1. The smallest absolute Gasteiger partial charge is 0.326 e. The van der Waals surface area contributed by atoms with Crippen molar-refractivity contribution in [2.24, 2.45) is 0 Å². The van der Waals surface area contributed by atoms with E-state index in [-0.39, 0.29) is 0 Å². The Morgan fingerprint density at radius 3 is 2.88 bits per heavy atom. The van der Waals surface area contributed by atoms with Crippen LogP contribution in [0.15, 0.2) is 36.4 Å². The van der Waals surface area contributed by atoms with E-state index in [4.69, 9.17) is 0 Å². The van der Waals surface area contributed by atoms with Gasteiger partial charge < -0.3 is 10.0 Å². The molecule has 1 unspecified atom stereocenters. The summed E-state index contributed by atoms with van der Waals surface area (Å²) in [6.45, 7) is 6.56. The number of hydrogen-bond donors (Lipinski definition) is 1. The van der Waals surface area contributed by atoms with Gasteiger partial charge in [0.15, 0.2) is 0 Å². The number of hydrogen-bond acceptors (Lipinski definition) is 2. The molecule has 1 heterocycles. The Morgan fingerprint density at radius 2 is 2.24 bits per heavy atom. The molecule has 0 radical (unpaired) electrons. The van der Waals surface area contributed by atoms with E-state index in [0.717, 1.165) is 29.8 Å². The third-order valence-corrected chi connectivity index (χ3v) is 3.16. The Hall–Kier alpha value is -1.77. The maximum Gasteiger partial charge on any atom is 0.326 e. The van der Waals surface area contributed by atoms with Crippen molar-refractivity contribution in [3.05, 3.63) is 42.0 Å². The van der Waals surface area contributed by atoms with Crippen LogP contribution in [-0.4, -0.2) is 23.7 Å². The Morgan fingerprint density at radius 1 is 1.53 bits per heavy atom. The third-order valence-electron chi connectivity index (χ3n) is 3.16. The fourth-order valence-electron chi connectivity index (χ4n) is 2.26. The number of anilines is 1. The molecule has 3 heteroatoms. The number of carboxylic acid groups (broad SMARTS) is 1. The largest absolute Gasteiger partial charge is 0.480 e. The quantitative estimate of drug-likeness (QED) is 0.809. The molecule has 2 rings (SSSR count). The van der Waals surface area contributed by atoms with E-state index in [0.29, 0.717) is 6.42 Å². The van der Waals surface area contributed by atoms with Gasteiger partial charge in [-0.1, -0.05) is 23.8 Å². The third kappa shape index (κ3) is 2.33. The number of rotatable bonds is 4. The van der Waals surface area contributed by atoms with Gasteiger partial charge in [0, 0.05) is 18.7 Å². The van der Waals surface area contributed by atoms with E-state index >= 15 is 0 Å². The van der Waals surface area contributed by atoms with Crippen molar-refractivity contribution in [2.45, 2.75) is 25.8 Å². The summed E-state index contributed by atoms with van der Waals surface area (Å²) in [5.41, 5.74) is 3.27. The Balaban J connectivity index is 2.24. The zero-order chi connectivity index (χ0) is 12.4. The van der Waals surface area contributed by atoms with Crippen molar-refractivity contribution in [3.63, 3.8) is 0 Å². The lowest BCUT2D eigenvalue weighted by Crippen LogP contribution is -2.39. The highest BCUT2D eigenvalue weighted by atomic mass is 16.4. The van der Waals surface area contributed by atoms with Crippen molar-refractivity contribution in [2.75, 3.05) is 11.4 Å². The predicted octanol–water partition coefficient (Wildman–Crippen LogP) is 2.47. The lowest BCUT2D eigenvalue weighted by Gasteiger charge is -2.24. The van der Waals surface area contributed by atoms with Crippen molar-refractivity contribution in [1.29, 1.82) is 0 Å². The second kappa shape index (κ2) is 4.62. The normalized spacial score (nSPS) is 17.9. The summed E-state index contributed by atoms with van der Waals surface area (Å²) in [6, 6.07) is 7.49. The van der Waals surface area contributed by atoms with Gasteiger partial charge in [-0.15, -0.1) is 6.58 Å². The molecular weight excluding hydrogens is 214 g/mol. The fourth-order valence-corrected chi connectivity index (χ4v) is 2.26. The second-order valence-corrected chi connectivity index (χ2v) is 4.59. The molecule has 1 atom stereocenters. The SMILES string of the molecule is C=C(C)CCN1c2ccccc2CC1C(=O)O. The van der Waals surface area contributed by atoms with Crippen LogP contribution in [0.1, 0.15) is 18.9 Å². The van der Waals surface area contributed by atoms with Gasteiger partial charge in [-0.25, -0.2) is 4.79 Å². The maximum absolute atomic E-state index is 11.3. The summed E-state index contributed by atoms with van der Waals surface area (Å²) < 4.78 is 0. The first kappa shape index (κ1) is 11.7. The molecule has 0 spiro atoms. The van der Waals surface area contributed by atoms with Crippen molar-refractivity contribution < 1.29 is 9.90 Å². The number of para-hydroxylation sites is 1. The summed E-state index contributed by atoms with van der Waals surface area (Å²) in [4.78, 5) is 13.2. The average Bonchev–Trinajstić information content (AvgIpc) is 2.65. The first-order valence-corrected chi connectivity index (χ1v) is 5.81. The lowest BCUT2D eigenvalue weighted by molar-refractivity contribution is -0.138. The molecule has 0 aliphatic carbocycles. The Kier molecular flexibility index (Phi) is 3.18. The molecular formula is C14H17NO2. The highest BCUT2D eigenvalue weighted by Gasteiger charge is 2.33. The van der Waals surface area contributed by atoms with Crippen LogP contribution in [0.25, 0.3) is 0 Å². The monoisotopic (exact) mass is 231 g/mol. The van der Waals surface area contributed by atoms with Gasteiger partial charge in [0.05, 0.1) is 0 Å². The molecule has 0 saturated carbocycles. The van der Waals surface area contributed by atoms with E-state index in [9.17, 15) is 9.90 Å².